The first-order chi connectivity index (χ1) is 11.2. The minimum Gasteiger partial charge on any atom is -0.493 e. The zero-order valence-corrected chi connectivity index (χ0v) is 14.9. The molecule has 0 bridgehead atoms. The summed E-state index contributed by atoms with van der Waals surface area (Å²) in [6, 6.07) is 4.82. The Kier molecular flexibility index (Phi) is 7.03. The first-order valence-electron chi connectivity index (χ1n) is 7.81. The number of ether oxygens (including phenoxy) is 2. The van der Waals surface area contributed by atoms with Crippen molar-refractivity contribution in [2.75, 3.05) is 20.3 Å². The highest BCUT2D eigenvalue weighted by molar-refractivity contribution is 5.95. The Bertz CT molecular complexity index is 585. The van der Waals surface area contributed by atoms with Crippen molar-refractivity contribution in [3.8, 4) is 11.5 Å². The average Bonchev–Trinajstić information content (AvgIpc) is 2.51. The van der Waals surface area contributed by atoms with Crippen LogP contribution in [0.5, 0.6) is 11.5 Å². The highest BCUT2D eigenvalue weighted by Crippen LogP contribution is 2.28. The number of nitrogens with one attached hydrogen (secondary N) is 2. The van der Waals surface area contributed by atoms with Gasteiger partial charge in [0.15, 0.2) is 18.1 Å². The molecule has 0 atom stereocenters. The van der Waals surface area contributed by atoms with E-state index in [-0.39, 0.29) is 24.5 Å². The molecule has 0 unspecified atom stereocenters. The number of methoxy groups -OCH3 is 1. The van der Waals surface area contributed by atoms with Crippen molar-refractivity contribution in [3.05, 3.63) is 23.8 Å². The van der Waals surface area contributed by atoms with Gasteiger partial charge in [-0.1, -0.05) is 0 Å². The third kappa shape index (κ3) is 6.08. The summed E-state index contributed by atoms with van der Waals surface area (Å²) in [4.78, 5) is 23.9. The summed E-state index contributed by atoms with van der Waals surface area (Å²) in [5.74, 6) is 0.294. The van der Waals surface area contributed by atoms with Crippen molar-refractivity contribution in [2.24, 2.45) is 5.73 Å². The van der Waals surface area contributed by atoms with Gasteiger partial charge >= 0.3 is 0 Å². The molecule has 0 spiro atoms. The number of hydrogen-bond acceptors (Lipinski definition) is 5. The Morgan fingerprint density at radius 3 is 2.46 bits per heavy atom. The zero-order chi connectivity index (χ0) is 18.3. The summed E-state index contributed by atoms with van der Waals surface area (Å²) >= 11 is 0. The number of rotatable bonds is 8. The third-order valence-electron chi connectivity index (χ3n) is 3.20. The number of hydrogen-bond donors (Lipinski definition) is 3. The largest absolute Gasteiger partial charge is 0.493 e. The predicted molar refractivity (Wildman–Crippen MR) is 92.4 cm³/mol. The second-order valence-electron chi connectivity index (χ2n) is 6.42. The van der Waals surface area contributed by atoms with Gasteiger partial charge in [0.1, 0.15) is 0 Å². The molecule has 1 rings (SSSR count). The maximum Gasteiger partial charge on any atom is 0.258 e. The molecule has 1 aromatic carbocycles. The Hall–Kier alpha value is -2.28. The number of benzene rings is 1. The Morgan fingerprint density at radius 2 is 1.92 bits per heavy atom. The van der Waals surface area contributed by atoms with E-state index in [1.807, 2.05) is 27.7 Å². The van der Waals surface area contributed by atoms with Crippen LogP contribution in [0.3, 0.4) is 0 Å². The summed E-state index contributed by atoms with van der Waals surface area (Å²) in [5.41, 5.74) is 5.54. The number of nitrogens with two attached hydrogens (primary N) is 1. The molecule has 0 aromatic heterocycles. The molecule has 0 radical (unpaired) electrons. The number of carbonyl (C=O) groups excluding carboxylic acids is 2. The van der Waals surface area contributed by atoms with Crippen molar-refractivity contribution >= 4 is 11.8 Å². The molecule has 24 heavy (non-hydrogen) atoms. The average molecular weight is 337 g/mol. The molecule has 0 aliphatic heterocycles. The van der Waals surface area contributed by atoms with Crippen LogP contribution in [0.25, 0.3) is 0 Å². The molecule has 0 heterocycles. The van der Waals surface area contributed by atoms with Gasteiger partial charge in [0.2, 0.25) is 0 Å². The predicted octanol–water partition coefficient (Wildman–Crippen LogP) is 1.07. The number of carbonyl (C=O) groups is 2. The van der Waals surface area contributed by atoms with Gasteiger partial charge in [-0.15, -0.1) is 0 Å². The molecular weight excluding hydrogens is 310 g/mol. The molecule has 0 saturated carbocycles. The molecule has 7 nitrogen and oxygen atoms in total. The van der Waals surface area contributed by atoms with Gasteiger partial charge in [-0.3, -0.25) is 9.59 Å². The van der Waals surface area contributed by atoms with Crippen LogP contribution in [-0.4, -0.2) is 43.7 Å². The van der Waals surface area contributed by atoms with Crippen molar-refractivity contribution < 1.29 is 19.1 Å². The van der Waals surface area contributed by atoms with Gasteiger partial charge in [0.25, 0.3) is 11.8 Å². The number of amides is 2. The lowest BCUT2D eigenvalue weighted by Gasteiger charge is -2.24. The van der Waals surface area contributed by atoms with E-state index in [9.17, 15) is 9.59 Å². The van der Waals surface area contributed by atoms with Crippen LogP contribution in [0, 0.1) is 0 Å². The lowest BCUT2D eigenvalue weighted by atomic mass is 10.1. The van der Waals surface area contributed by atoms with Gasteiger partial charge in [0.05, 0.1) is 7.11 Å². The lowest BCUT2D eigenvalue weighted by molar-refractivity contribution is -0.123. The molecule has 0 aliphatic rings. The highest BCUT2D eigenvalue weighted by Gasteiger charge is 2.20. The molecule has 1 aromatic rings. The van der Waals surface area contributed by atoms with Crippen molar-refractivity contribution in [3.63, 3.8) is 0 Å². The van der Waals surface area contributed by atoms with E-state index >= 15 is 0 Å². The second kappa shape index (κ2) is 8.54. The van der Waals surface area contributed by atoms with Crippen LogP contribution >= 0.6 is 0 Å². The molecule has 2 amide bonds. The minimum absolute atomic E-state index is 0.0416. The van der Waals surface area contributed by atoms with E-state index < -0.39 is 5.54 Å². The SMILES string of the molecule is COc1cc(C(=O)NC(C)(C)CN)ccc1OCC(=O)NC(C)C. The standard InChI is InChI=1S/C17H27N3O4/c1-11(2)19-15(21)9-24-13-7-6-12(8-14(13)23-5)16(22)20-17(3,4)10-18/h6-8,11H,9-10,18H2,1-5H3,(H,19,21)(H,20,22). The fourth-order valence-corrected chi connectivity index (χ4v) is 1.87. The first-order valence-corrected chi connectivity index (χ1v) is 7.81. The lowest BCUT2D eigenvalue weighted by Crippen LogP contribution is -2.48. The van der Waals surface area contributed by atoms with Gasteiger partial charge in [-0.05, 0) is 45.9 Å². The third-order valence-corrected chi connectivity index (χ3v) is 3.20. The maximum absolute atomic E-state index is 12.3. The second-order valence-corrected chi connectivity index (χ2v) is 6.42. The Morgan fingerprint density at radius 1 is 1.25 bits per heavy atom. The smallest absolute Gasteiger partial charge is 0.258 e. The van der Waals surface area contributed by atoms with Gasteiger partial charge in [0, 0.05) is 23.7 Å². The van der Waals surface area contributed by atoms with Gasteiger partial charge < -0.3 is 25.8 Å². The quantitative estimate of drug-likeness (QED) is 0.658. The molecule has 134 valence electrons. The Labute approximate surface area is 142 Å². The molecule has 0 aliphatic carbocycles. The van der Waals surface area contributed by atoms with Gasteiger partial charge in [-0.25, -0.2) is 0 Å². The maximum atomic E-state index is 12.3. The molecule has 4 N–H and O–H groups in total. The van der Waals surface area contributed by atoms with Crippen LogP contribution < -0.4 is 25.8 Å². The van der Waals surface area contributed by atoms with Crippen molar-refractivity contribution in [1.29, 1.82) is 0 Å². The van der Waals surface area contributed by atoms with E-state index in [1.165, 1.54) is 7.11 Å². The summed E-state index contributed by atoms with van der Waals surface area (Å²) in [7, 11) is 1.47. The van der Waals surface area contributed by atoms with E-state index in [0.717, 1.165) is 0 Å². The molecule has 7 heteroatoms. The fraction of sp³-hybridized carbons (Fsp3) is 0.529. The fourth-order valence-electron chi connectivity index (χ4n) is 1.87. The summed E-state index contributed by atoms with van der Waals surface area (Å²) in [5, 5.41) is 5.57. The van der Waals surface area contributed by atoms with Gasteiger partial charge in [-0.2, -0.15) is 0 Å². The van der Waals surface area contributed by atoms with E-state index in [2.05, 4.69) is 10.6 Å². The van der Waals surface area contributed by atoms with E-state index in [1.54, 1.807) is 18.2 Å². The zero-order valence-electron chi connectivity index (χ0n) is 14.9. The van der Waals surface area contributed by atoms with Crippen LogP contribution in [0.15, 0.2) is 18.2 Å². The summed E-state index contributed by atoms with van der Waals surface area (Å²) in [6.45, 7) is 7.62. The first kappa shape index (κ1) is 19.8. The Balaban J connectivity index is 2.81. The molecule has 0 saturated heterocycles. The topological polar surface area (TPSA) is 103 Å². The monoisotopic (exact) mass is 337 g/mol. The highest BCUT2D eigenvalue weighted by atomic mass is 16.5. The van der Waals surface area contributed by atoms with Crippen molar-refractivity contribution in [2.45, 2.75) is 39.3 Å². The van der Waals surface area contributed by atoms with Crippen LogP contribution in [0.1, 0.15) is 38.1 Å². The van der Waals surface area contributed by atoms with Crippen LogP contribution in [0.2, 0.25) is 0 Å². The van der Waals surface area contributed by atoms with Crippen LogP contribution in [-0.2, 0) is 4.79 Å². The van der Waals surface area contributed by atoms with Crippen molar-refractivity contribution in [1.82, 2.24) is 10.6 Å². The summed E-state index contributed by atoms with van der Waals surface area (Å²) < 4.78 is 10.7. The summed E-state index contributed by atoms with van der Waals surface area (Å²) in [6.07, 6.45) is 0. The molecule has 0 fully saturated rings. The van der Waals surface area contributed by atoms with Crippen LogP contribution in [0.4, 0.5) is 0 Å². The van der Waals surface area contributed by atoms with E-state index in [0.29, 0.717) is 23.6 Å². The minimum atomic E-state index is -0.506. The van der Waals surface area contributed by atoms with E-state index in [4.69, 9.17) is 15.2 Å². The molecular formula is C17H27N3O4. The normalized spacial score (nSPS) is 11.1.